The van der Waals surface area contributed by atoms with Gasteiger partial charge in [0.2, 0.25) is 5.95 Å². The summed E-state index contributed by atoms with van der Waals surface area (Å²) in [4.78, 5) is 8.58. The molecular formula is C15H22N4O. The number of nitrogens with one attached hydrogen (secondary N) is 1. The zero-order chi connectivity index (χ0) is 14.5. The average molecular weight is 274 g/mol. The Morgan fingerprint density at radius 2 is 2.10 bits per heavy atom. The highest BCUT2D eigenvalue weighted by molar-refractivity contribution is 5.90. The van der Waals surface area contributed by atoms with Gasteiger partial charge in [-0.1, -0.05) is 19.4 Å². The molecule has 0 saturated heterocycles. The molecule has 0 aliphatic heterocycles. The first-order valence-corrected chi connectivity index (χ1v) is 7.05. The summed E-state index contributed by atoms with van der Waals surface area (Å²) < 4.78 is 0. The average Bonchev–Trinajstić information content (AvgIpc) is 2.38. The first kappa shape index (κ1) is 14.5. The summed E-state index contributed by atoms with van der Waals surface area (Å²) in [6, 6.07) is 6.24. The first-order chi connectivity index (χ1) is 9.63. The molecule has 0 bridgehead atoms. The van der Waals surface area contributed by atoms with E-state index in [2.05, 4.69) is 22.2 Å². The standard InChI is InChI=1S/C15H22N4O/c1-3-4-11(7-8-20)17-14-12-6-5-10(2)9-13(12)18-15(16)19-14/h5-6,9,11,20H,3-4,7-8H2,1-2H3,(H3,16,17,18,19)/t11-/m0/s1. The summed E-state index contributed by atoms with van der Waals surface area (Å²) in [6.07, 6.45) is 2.73. The second kappa shape index (κ2) is 6.52. The normalized spacial score (nSPS) is 12.6. The quantitative estimate of drug-likeness (QED) is 0.753. The Labute approximate surface area is 119 Å². The number of aryl methyl sites for hydroxylation is 1. The van der Waals surface area contributed by atoms with Crippen LogP contribution in [0.15, 0.2) is 18.2 Å². The van der Waals surface area contributed by atoms with Crippen LogP contribution in [0.4, 0.5) is 11.8 Å². The van der Waals surface area contributed by atoms with Crippen molar-refractivity contribution in [2.75, 3.05) is 17.7 Å². The lowest BCUT2D eigenvalue weighted by Gasteiger charge is -2.19. The first-order valence-electron chi connectivity index (χ1n) is 7.05. The van der Waals surface area contributed by atoms with E-state index in [4.69, 9.17) is 10.8 Å². The molecule has 2 rings (SSSR count). The zero-order valence-electron chi connectivity index (χ0n) is 12.1. The summed E-state index contributed by atoms with van der Waals surface area (Å²) >= 11 is 0. The molecule has 0 radical (unpaired) electrons. The molecule has 20 heavy (non-hydrogen) atoms. The van der Waals surface area contributed by atoms with Crippen molar-refractivity contribution in [2.45, 2.75) is 39.2 Å². The molecule has 5 nitrogen and oxygen atoms in total. The Balaban J connectivity index is 2.37. The van der Waals surface area contributed by atoms with E-state index in [1.165, 1.54) is 0 Å². The van der Waals surface area contributed by atoms with Crippen LogP contribution >= 0.6 is 0 Å². The number of aliphatic hydroxyl groups is 1. The van der Waals surface area contributed by atoms with Gasteiger partial charge in [-0.2, -0.15) is 4.98 Å². The lowest BCUT2D eigenvalue weighted by molar-refractivity contribution is 0.276. The van der Waals surface area contributed by atoms with Crippen molar-refractivity contribution < 1.29 is 5.11 Å². The minimum atomic E-state index is 0.162. The van der Waals surface area contributed by atoms with E-state index < -0.39 is 0 Å². The topological polar surface area (TPSA) is 84.1 Å². The maximum Gasteiger partial charge on any atom is 0.222 e. The van der Waals surface area contributed by atoms with Crippen LogP contribution in [-0.2, 0) is 0 Å². The van der Waals surface area contributed by atoms with Gasteiger partial charge >= 0.3 is 0 Å². The molecular weight excluding hydrogens is 252 g/mol. The maximum absolute atomic E-state index is 9.15. The molecule has 1 heterocycles. The van der Waals surface area contributed by atoms with Gasteiger partial charge in [0.05, 0.1) is 5.52 Å². The Bertz CT molecular complexity index is 574. The van der Waals surface area contributed by atoms with Gasteiger partial charge in [0.25, 0.3) is 0 Å². The zero-order valence-corrected chi connectivity index (χ0v) is 12.1. The van der Waals surface area contributed by atoms with Crippen LogP contribution in [0.3, 0.4) is 0 Å². The third kappa shape index (κ3) is 3.36. The van der Waals surface area contributed by atoms with Gasteiger partial charge in [0, 0.05) is 18.0 Å². The maximum atomic E-state index is 9.15. The largest absolute Gasteiger partial charge is 0.396 e. The van der Waals surface area contributed by atoms with E-state index >= 15 is 0 Å². The van der Waals surface area contributed by atoms with Gasteiger partial charge in [0.1, 0.15) is 5.82 Å². The monoisotopic (exact) mass is 274 g/mol. The predicted octanol–water partition coefficient (Wildman–Crippen LogP) is 2.48. The molecule has 0 aliphatic carbocycles. The highest BCUT2D eigenvalue weighted by Crippen LogP contribution is 2.23. The van der Waals surface area contributed by atoms with Crippen molar-refractivity contribution in [3.05, 3.63) is 23.8 Å². The van der Waals surface area contributed by atoms with Crippen LogP contribution in [0.5, 0.6) is 0 Å². The second-order valence-electron chi connectivity index (χ2n) is 5.09. The SMILES string of the molecule is CCC[C@@H](CCO)Nc1nc(N)nc2cc(C)ccc12. The fourth-order valence-corrected chi connectivity index (χ4v) is 2.35. The summed E-state index contributed by atoms with van der Waals surface area (Å²) in [5.41, 5.74) is 7.77. The van der Waals surface area contributed by atoms with E-state index in [1.54, 1.807) is 0 Å². The number of nitrogens with two attached hydrogens (primary N) is 1. The Kier molecular flexibility index (Phi) is 4.74. The van der Waals surface area contributed by atoms with E-state index in [9.17, 15) is 0 Å². The van der Waals surface area contributed by atoms with Crippen LogP contribution in [-0.4, -0.2) is 27.7 Å². The Hall–Kier alpha value is -1.88. The molecule has 2 aromatic rings. The molecule has 1 aromatic heterocycles. The Morgan fingerprint density at radius 1 is 1.30 bits per heavy atom. The molecule has 0 aliphatic rings. The molecule has 0 saturated carbocycles. The van der Waals surface area contributed by atoms with Crippen molar-refractivity contribution in [3.8, 4) is 0 Å². The van der Waals surface area contributed by atoms with Crippen LogP contribution < -0.4 is 11.1 Å². The minimum Gasteiger partial charge on any atom is -0.396 e. The predicted molar refractivity (Wildman–Crippen MR) is 82.7 cm³/mol. The van der Waals surface area contributed by atoms with Gasteiger partial charge in [-0.25, -0.2) is 4.98 Å². The fourth-order valence-electron chi connectivity index (χ4n) is 2.35. The molecule has 0 spiro atoms. The highest BCUT2D eigenvalue weighted by atomic mass is 16.3. The van der Waals surface area contributed by atoms with Crippen LogP contribution in [0.2, 0.25) is 0 Å². The highest BCUT2D eigenvalue weighted by Gasteiger charge is 2.12. The number of rotatable bonds is 6. The molecule has 4 N–H and O–H groups in total. The smallest absolute Gasteiger partial charge is 0.222 e. The van der Waals surface area contributed by atoms with Crippen molar-refractivity contribution in [2.24, 2.45) is 0 Å². The minimum absolute atomic E-state index is 0.162. The number of hydrogen-bond acceptors (Lipinski definition) is 5. The summed E-state index contributed by atoms with van der Waals surface area (Å²) in [5, 5.41) is 13.5. The third-order valence-electron chi connectivity index (χ3n) is 3.33. The van der Waals surface area contributed by atoms with Gasteiger partial charge in [-0.15, -0.1) is 0 Å². The lowest BCUT2D eigenvalue weighted by atomic mass is 10.1. The van der Waals surface area contributed by atoms with Crippen LogP contribution in [0.25, 0.3) is 10.9 Å². The molecule has 108 valence electrons. The van der Waals surface area contributed by atoms with Gasteiger partial charge in [-0.05, 0) is 37.5 Å². The number of hydrogen-bond donors (Lipinski definition) is 3. The summed E-state index contributed by atoms with van der Waals surface area (Å²) in [6.45, 7) is 4.31. The lowest BCUT2D eigenvalue weighted by Crippen LogP contribution is -2.22. The number of aliphatic hydroxyl groups excluding tert-OH is 1. The van der Waals surface area contributed by atoms with E-state index in [-0.39, 0.29) is 18.6 Å². The van der Waals surface area contributed by atoms with E-state index in [0.717, 1.165) is 35.1 Å². The number of benzene rings is 1. The van der Waals surface area contributed by atoms with Gasteiger partial charge in [-0.3, -0.25) is 0 Å². The number of aromatic nitrogens is 2. The number of anilines is 2. The van der Waals surface area contributed by atoms with Crippen LogP contribution in [0, 0.1) is 6.92 Å². The Morgan fingerprint density at radius 3 is 2.80 bits per heavy atom. The summed E-state index contributed by atoms with van der Waals surface area (Å²) in [5.74, 6) is 1.02. The molecule has 5 heteroatoms. The summed E-state index contributed by atoms with van der Waals surface area (Å²) in [7, 11) is 0. The number of nitrogens with zero attached hydrogens (tertiary/aromatic N) is 2. The molecule has 1 aromatic carbocycles. The molecule has 0 amide bonds. The van der Waals surface area contributed by atoms with E-state index in [0.29, 0.717) is 6.42 Å². The van der Waals surface area contributed by atoms with E-state index in [1.807, 2.05) is 25.1 Å². The van der Waals surface area contributed by atoms with Crippen molar-refractivity contribution in [1.29, 1.82) is 0 Å². The van der Waals surface area contributed by atoms with Crippen molar-refractivity contribution in [3.63, 3.8) is 0 Å². The second-order valence-corrected chi connectivity index (χ2v) is 5.09. The van der Waals surface area contributed by atoms with Crippen molar-refractivity contribution >= 4 is 22.7 Å². The number of fused-ring (bicyclic) bond motifs is 1. The molecule has 0 fully saturated rings. The van der Waals surface area contributed by atoms with Gasteiger partial charge < -0.3 is 16.2 Å². The van der Waals surface area contributed by atoms with Gasteiger partial charge in [0.15, 0.2) is 0 Å². The molecule has 1 atom stereocenters. The molecule has 0 unspecified atom stereocenters. The van der Waals surface area contributed by atoms with Crippen molar-refractivity contribution in [1.82, 2.24) is 9.97 Å². The fraction of sp³-hybridized carbons (Fsp3) is 0.467. The number of nitrogen functional groups attached to an aromatic ring is 1. The third-order valence-corrected chi connectivity index (χ3v) is 3.33. The van der Waals surface area contributed by atoms with Crippen LogP contribution in [0.1, 0.15) is 31.7 Å².